The molecule has 4 aromatic rings. The molecule has 0 saturated carbocycles. The molecule has 0 amide bonds. The van der Waals surface area contributed by atoms with Gasteiger partial charge in [0.2, 0.25) is 5.88 Å². The van der Waals surface area contributed by atoms with Gasteiger partial charge in [0.15, 0.2) is 18.1 Å². The Morgan fingerprint density at radius 3 is 2.50 bits per heavy atom. The molecule has 4 aromatic carbocycles. The number of rotatable bonds is 10. The smallest absolute Gasteiger partial charge is 0.349 e. The van der Waals surface area contributed by atoms with Crippen molar-refractivity contribution in [3.05, 3.63) is 123 Å². The topological polar surface area (TPSA) is 113 Å². The summed E-state index contributed by atoms with van der Waals surface area (Å²) in [5.74, 6) is 0.907. The number of carbonyl (C=O) groups excluding carboxylic acids is 1. The number of esters is 1. The highest BCUT2D eigenvalue weighted by Crippen LogP contribution is 2.45. The summed E-state index contributed by atoms with van der Waals surface area (Å²) < 4.78 is 28.8. The number of ether oxygens (including phenoxy) is 5. The van der Waals surface area contributed by atoms with Gasteiger partial charge in [0.25, 0.3) is 0 Å². The molecule has 1 aliphatic rings. The third-order valence-corrected chi connectivity index (χ3v) is 7.45. The van der Waals surface area contributed by atoms with Crippen LogP contribution in [0.4, 0.5) is 0 Å². The van der Waals surface area contributed by atoms with Gasteiger partial charge in [-0.2, -0.15) is 5.26 Å². The lowest BCUT2D eigenvalue weighted by Crippen LogP contribution is -2.22. The lowest BCUT2D eigenvalue weighted by atomic mass is 9.83. The van der Waals surface area contributed by atoms with E-state index < -0.39 is 11.9 Å². The Labute approximate surface area is 265 Å². The second-order valence-electron chi connectivity index (χ2n) is 9.82. The van der Waals surface area contributed by atoms with Crippen molar-refractivity contribution < 1.29 is 28.5 Å². The number of nitrogens with two attached hydrogens (primary N) is 1. The van der Waals surface area contributed by atoms with Gasteiger partial charge < -0.3 is 29.4 Å². The highest BCUT2D eigenvalue weighted by Gasteiger charge is 2.32. The molecule has 224 valence electrons. The summed E-state index contributed by atoms with van der Waals surface area (Å²) in [5.41, 5.74) is 9.47. The maximum absolute atomic E-state index is 12.5. The molecular formula is C34H28Cl2N2O6. The van der Waals surface area contributed by atoms with Crippen molar-refractivity contribution >= 4 is 29.2 Å². The van der Waals surface area contributed by atoms with E-state index in [1.165, 1.54) is 0 Å². The van der Waals surface area contributed by atoms with Crippen molar-refractivity contribution in [1.82, 2.24) is 0 Å². The second kappa shape index (κ2) is 13.6. The van der Waals surface area contributed by atoms with E-state index in [1.807, 2.05) is 44.2 Å². The van der Waals surface area contributed by atoms with Crippen LogP contribution in [-0.4, -0.2) is 19.2 Å². The predicted octanol–water partition coefficient (Wildman–Crippen LogP) is 7.48. The molecule has 0 spiro atoms. The fourth-order valence-electron chi connectivity index (χ4n) is 4.78. The summed E-state index contributed by atoms with van der Waals surface area (Å²) in [7, 11) is 0. The summed E-state index contributed by atoms with van der Waals surface area (Å²) in [6.07, 6.45) is 0. The lowest BCUT2D eigenvalue weighted by molar-refractivity contribution is -0.136. The van der Waals surface area contributed by atoms with E-state index in [4.69, 9.17) is 52.6 Å². The molecule has 1 heterocycles. The van der Waals surface area contributed by atoms with Crippen molar-refractivity contribution in [2.75, 3.05) is 13.2 Å². The monoisotopic (exact) mass is 630 g/mol. The molecule has 0 saturated heterocycles. The molecule has 0 fully saturated rings. The molecule has 5 rings (SSSR count). The van der Waals surface area contributed by atoms with E-state index in [0.717, 1.165) is 16.7 Å². The highest BCUT2D eigenvalue weighted by atomic mass is 35.5. The minimum Gasteiger partial charge on any atom is -0.490 e. The number of carbonyl (C=O) groups is 1. The first-order chi connectivity index (χ1) is 21.3. The molecule has 0 aliphatic carbocycles. The third kappa shape index (κ3) is 6.86. The summed E-state index contributed by atoms with van der Waals surface area (Å²) in [6, 6.07) is 25.1. The molecule has 10 heteroatoms. The van der Waals surface area contributed by atoms with E-state index >= 15 is 0 Å². The summed E-state index contributed by atoms with van der Waals surface area (Å²) in [5, 5.41) is 11.2. The Bertz CT molecular complexity index is 1780. The fraction of sp³-hybridized carbons (Fsp3) is 0.176. The van der Waals surface area contributed by atoms with Crippen LogP contribution < -0.4 is 29.4 Å². The Morgan fingerprint density at radius 1 is 0.955 bits per heavy atom. The second-order valence-corrected chi connectivity index (χ2v) is 10.7. The first kappa shape index (κ1) is 30.6. The number of halogens is 2. The van der Waals surface area contributed by atoms with E-state index in [2.05, 4.69) is 6.07 Å². The standard InChI is InChI=1S/C34H28Cl2N2O6/c1-3-40-31-15-21(8-12-29(31)41-18-22-6-4-5-7-27(22)36)33-25-11-10-24(16-30(25)44-34(38)26(33)17-37)43-32(39)19-42-28-13-9-23(35)14-20(28)2/h4-16,33H,3,18-19,38H2,1-2H3. The molecule has 44 heavy (non-hydrogen) atoms. The number of nitriles is 1. The molecule has 2 N–H and O–H groups in total. The lowest BCUT2D eigenvalue weighted by Gasteiger charge is -2.27. The molecule has 0 aromatic heterocycles. The number of aryl methyl sites for hydroxylation is 1. The van der Waals surface area contributed by atoms with Crippen molar-refractivity contribution in [2.45, 2.75) is 26.4 Å². The zero-order valence-corrected chi connectivity index (χ0v) is 25.4. The minimum absolute atomic E-state index is 0.0490. The summed E-state index contributed by atoms with van der Waals surface area (Å²) in [6.45, 7) is 4.04. The predicted molar refractivity (Wildman–Crippen MR) is 166 cm³/mol. The van der Waals surface area contributed by atoms with Crippen molar-refractivity contribution in [3.63, 3.8) is 0 Å². The minimum atomic E-state index is -0.610. The van der Waals surface area contributed by atoms with Gasteiger partial charge in [-0.25, -0.2) is 4.79 Å². The zero-order valence-electron chi connectivity index (χ0n) is 23.9. The van der Waals surface area contributed by atoms with Gasteiger partial charge in [-0.1, -0.05) is 53.5 Å². The molecule has 0 radical (unpaired) electrons. The molecule has 0 bridgehead atoms. The number of hydrogen-bond acceptors (Lipinski definition) is 8. The largest absolute Gasteiger partial charge is 0.490 e. The average molecular weight is 632 g/mol. The number of nitrogens with zero attached hydrogens (tertiary/aromatic N) is 1. The number of benzene rings is 4. The first-order valence-electron chi connectivity index (χ1n) is 13.7. The van der Waals surface area contributed by atoms with Crippen LogP contribution in [0.25, 0.3) is 0 Å². The van der Waals surface area contributed by atoms with E-state index in [1.54, 1.807) is 48.5 Å². The van der Waals surface area contributed by atoms with Gasteiger partial charge in [-0.05, 0) is 67.4 Å². The van der Waals surface area contributed by atoms with Gasteiger partial charge in [0.05, 0.1) is 12.5 Å². The average Bonchev–Trinajstić information content (AvgIpc) is 3.00. The Kier molecular flexibility index (Phi) is 9.49. The van der Waals surface area contributed by atoms with Crippen LogP contribution in [0.3, 0.4) is 0 Å². The van der Waals surface area contributed by atoms with Crippen molar-refractivity contribution in [2.24, 2.45) is 5.73 Å². The van der Waals surface area contributed by atoms with Gasteiger partial charge in [0, 0.05) is 27.2 Å². The van der Waals surface area contributed by atoms with Crippen molar-refractivity contribution in [1.29, 1.82) is 5.26 Å². The molecular weight excluding hydrogens is 603 g/mol. The number of hydrogen-bond donors (Lipinski definition) is 1. The SMILES string of the molecule is CCOc1cc(C2C(C#N)=C(N)Oc3cc(OC(=O)COc4ccc(Cl)cc4C)ccc32)ccc1OCc1ccccc1Cl. The Balaban J connectivity index is 1.37. The van der Waals surface area contributed by atoms with Crippen LogP contribution in [0.5, 0.6) is 28.7 Å². The number of allylic oxidation sites excluding steroid dienone is 1. The van der Waals surface area contributed by atoms with Crippen LogP contribution in [-0.2, 0) is 11.4 Å². The van der Waals surface area contributed by atoms with E-state index in [0.29, 0.717) is 45.2 Å². The Morgan fingerprint density at radius 2 is 1.75 bits per heavy atom. The van der Waals surface area contributed by atoms with Crippen LogP contribution >= 0.6 is 23.2 Å². The van der Waals surface area contributed by atoms with Crippen LogP contribution in [0.1, 0.15) is 35.1 Å². The van der Waals surface area contributed by atoms with Gasteiger partial charge >= 0.3 is 5.97 Å². The molecule has 8 nitrogen and oxygen atoms in total. The maximum atomic E-state index is 12.5. The molecule has 1 aliphatic heterocycles. The molecule has 1 unspecified atom stereocenters. The van der Waals surface area contributed by atoms with Crippen LogP contribution in [0.2, 0.25) is 10.0 Å². The third-order valence-electron chi connectivity index (χ3n) is 6.85. The maximum Gasteiger partial charge on any atom is 0.349 e. The zero-order chi connectivity index (χ0) is 31.2. The summed E-state index contributed by atoms with van der Waals surface area (Å²) >= 11 is 12.3. The number of fused-ring (bicyclic) bond motifs is 1. The first-order valence-corrected chi connectivity index (χ1v) is 14.5. The highest BCUT2D eigenvalue weighted by molar-refractivity contribution is 6.31. The van der Waals surface area contributed by atoms with Crippen LogP contribution in [0, 0.1) is 18.3 Å². The van der Waals surface area contributed by atoms with Gasteiger partial charge in [-0.15, -0.1) is 0 Å². The fourth-order valence-corrected chi connectivity index (χ4v) is 5.19. The van der Waals surface area contributed by atoms with Crippen molar-refractivity contribution in [3.8, 4) is 34.8 Å². The van der Waals surface area contributed by atoms with Crippen LogP contribution in [0.15, 0.2) is 90.3 Å². The molecule has 1 atom stereocenters. The van der Waals surface area contributed by atoms with E-state index in [-0.39, 0.29) is 30.4 Å². The Hall–Kier alpha value is -4.84. The van der Waals surface area contributed by atoms with Gasteiger partial charge in [-0.3, -0.25) is 0 Å². The normalized spacial score (nSPS) is 13.8. The summed E-state index contributed by atoms with van der Waals surface area (Å²) in [4.78, 5) is 12.5. The quantitative estimate of drug-likeness (QED) is 0.142. The van der Waals surface area contributed by atoms with Gasteiger partial charge in [0.1, 0.15) is 35.5 Å². The van der Waals surface area contributed by atoms with E-state index in [9.17, 15) is 10.1 Å².